The summed E-state index contributed by atoms with van der Waals surface area (Å²) in [7, 11) is 0. The van der Waals surface area contributed by atoms with Crippen LogP contribution in [0.3, 0.4) is 0 Å². The van der Waals surface area contributed by atoms with Crippen LogP contribution >= 0.6 is 11.3 Å². The summed E-state index contributed by atoms with van der Waals surface area (Å²) < 4.78 is 41.5. The number of alkyl halides is 3. The van der Waals surface area contributed by atoms with Crippen molar-refractivity contribution in [2.24, 2.45) is 0 Å². The number of halogens is 3. The van der Waals surface area contributed by atoms with Gasteiger partial charge in [-0.25, -0.2) is 9.97 Å². The number of hydrogen-bond acceptors (Lipinski definition) is 8. The average Bonchev–Trinajstić information content (AvgIpc) is 3.79. The molecular weight excluding hydrogens is 623 g/mol. The fourth-order valence-electron chi connectivity index (χ4n) is 6.66. The Hall–Kier alpha value is -4.80. The summed E-state index contributed by atoms with van der Waals surface area (Å²) in [6.07, 6.45) is 5.67. The molecule has 6 heterocycles. The number of aromatic amines is 1. The van der Waals surface area contributed by atoms with Crippen LogP contribution in [-0.2, 0) is 25.9 Å². The number of hydrogen-bond donors (Lipinski definition) is 2. The van der Waals surface area contributed by atoms with E-state index in [0.717, 1.165) is 71.4 Å². The summed E-state index contributed by atoms with van der Waals surface area (Å²) in [6, 6.07) is 14.1. The molecule has 0 aliphatic carbocycles. The van der Waals surface area contributed by atoms with E-state index in [1.807, 2.05) is 29.1 Å². The van der Waals surface area contributed by atoms with E-state index >= 15 is 0 Å². The topological polar surface area (TPSA) is 111 Å². The molecule has 47 heavy (non-hydrogen) atoms. The van der Waals surface area contributed by atoms with Crippen molar-refractivity contribution in [1.82, 2.24) is 34.6 Å². The quantitative estimate of drug-likeness (QED) is 0.177. The highest BCUT2D eigenvalue weighted by molar-refractivity contribution is 7.18. The van der Waals surface area contributed by atoms with Gasteiger partial charge < -0.3 is 9.88 Å². The van der Waals surface area contributed by atoms with Crippen molar-refractivity contribution in [3.05, 3.63) is 100 Å². The lowest BCUT2D eigenvalue weighted by Crippen LogP contribution is -2.50. The number of nitrogens with zero attached hydrogens (tertiary/aromatic N) is 7. The molecule has 240 valence electrons. The molecule has 1 aromatic carbocycles. The molecule has 0 spiro atoms. The lowest BCUT2D eigenvalue weighted by Gasteiger charge is -2.43. The minimum Gasteiger partial charge on any atom is -0.364 e. The zero-order chi connectivity index (χ0) is 32.6. The SMILES string of the molecule is Cc1c(CN2CCC(Cc3cccnc3)(Nc3ncnc4sc(CC(F)(F)F)cc34)CC2)ccc2c1cc(C#N)n2Cc1cn[nH]c1. The summed E-state index contributed by atoms with van der Waals surface area (Å²) in [5.41, 5.74) is 5.70. The molecule has 0 saturated carbocycles. The second-order valence-corrected chi connectivity index (χ2v) is 13.4. The van der Waals surface area contributed by atoms with Crippen LogP contribution in [0.2, 0.25) is 0 Å². The van der Waals surface area contributed by atoms with Gasteiger partial charge in [-0.05, 0) is 67.1 Å². The maximum absolute atomic E-state index is 13.2. The second-order valence-electron chi connectivity index (χ2n) is 12.3. The van der Waals surface area contributed by atoms with Gasteiger partial charge in [0.15, 0.2) is 0 Å². The molecule has 5 aromatic heterocycles. The molecule has 0 radical (unpaired) electrons. The standard InChI is InChI=1S/C34H32F3N9S/c1-22-25(4-5-30-28(22)11-26(15-38)46(30)19-24-17-42-43-18-24)20-45-9-6-33(7-10-45,13-23-3-2-8-39-16-23)44-31-29-12-27(14-34(35,36)37)47-32(29)41-21-40-31/h2-5,8,11-12,16-18,21H,6-7,9-10,13-14,19-20H2,1H3,(H,42,43)(H,40,41,44). The molecule has 0 bridgehead atoms. The van der Waals surface area contributed by atoms with Crippen molar-refractivity contribution in [3.8, 4) is 6.07 Å². The van der Waals surface area contributed by atoms with Gasteiger partial charge in [0.2, 0.25) is 0 Å². The highest BCUT2D eigenvalue weighted by Crippen LogP contribution is 2.37. The van der Waals surface area contributed by atoms with E-state index in [1.165, 1.54) is 11.9 Å². The number of anilines is 1. The maximum Gasteiger partial charge on any atom is 0.393 e. The largest absolute Gasteiger partial charge is 0.393 e. The van der Waals surface area contributed by atoms with Crippen molar-refractivity contribution in [2.45, 2.75) is 57.4 Å². The van der Waals surface area contributed by atoms with Gasteiger partial charge in [-0.3, -0.25) is 15.0 Å². The first-order chi connectivity index (χ1) is 22.7. The molecule has 0 atom stereocenters. The molecule has 9 nitrogen and oxygen atoms in total. The van der Waals surface area contributed by atoms with Crippen molar-refractivity contribution in [2.75, 3.05) is 18.4 Å². The van der Waals surface area contributed by atoms with E-state index in [2.05, 4.69) is 66.6 Å². The van der Waals surface area contributed by atoms with Gasteiger partial charge in [-0.1, -0.05) is 12.1 Å². The minimum absolute atomic E-state index is 0.221. The number of pyridine rings is 1. The third-order valence-electron chi connectivity index (χ3n) is 9.09. The number of aromatic nitrogens is 6. The summed E-state index contributed by atoms with van der Waals surface area (Å²) >= 11 is 1.06. The number of nitriles is 1. The molecule has 6 aromatic rings. The van der Waals surface area contributed by atoms with E-state index in [9.17, 15) is 18.4 Å². The van der Waals surface area contributed by atoms with Crippen molar-refractivity contribution < 1.29 is 13.2 Å². The first-order valence-corrected chi connectivity index (χ1v) is 16.2. The smallest absolute Gasteiger partial charge is 0.364 e. The number of rotatable bonds is 9. The number of fused-ring (bicyclic) bond motifs is 2. The van der Waals surface area contributed by atoms with Crippen molar-refractivity contribution in [1.29, 1.82) is 5.26 Å². The van der Waals surface area contributed by atoms with E-state index in [1.54, 1.807) is 18.5 Å². The van der Waals surface area contributed by atoms with Gasteiger partial charge >= 0.3 is 6.18 Å². The maximum atomic E-state index is 13.2. The minimum atomic E-state index is -4.29. The number of aryl methyl sites for hydroxylation is 1. The van der Waals surface area contributed by atoms with E-state index in [4.69, 9.17) is 0 Å². The van der Waals surface area contributed by atoms with Crippen LogP contribution in [0.5, 0.6) is 0 Å². The van der Waals surface area contributed by atoms with Crippen molar-refractivity contribution >= 4 is 38.3 Å². The average molecular weight is 656 g/mol. The number of benzene rings is 1. The molecule has 1 saturated heterocycles. The Morgan fingerprint density at radius 2 is 1.91 bits per heavy atom. The van der Waals surface area contributed by atoms with Crippen molar-refractivity contribution in [3.63, 3.8) is 0 Å². The Kier molecular flexibility index (Phi) is 8.15. The molecule has 13 heteroatoms. The van der Waals surface area contributed by atoms with Crippen LogP contribution in [0.4, 0.5) is 19.0 Å². The first kappa shape index (κ1) is 30.8. The van der Waals surface area contributed by atoms with Crippen LogP contribution in [0.1, 0.15) is 45.7 Å². The normalized spacial score (nSPS) is 15.3. The van der Waals surface area contributed by atoms with E-state index in [-0.39, 0.29) is 10.4 Å². The number of nitrogens with one attached hydrogen (secondary N) is 2. The van der Waals surface area contributed by atoms with Crippen LogP contribution in [0.25, 0.3) is 21.1 Å². The molecule has 0 unspecified atom stereocenters. The Balaban J connectivity index is 1.12. The van der Waals surface area contributed by atoms with Gasteiger partial charge in [0.05, 0.1) is 24.5 Å². The van der Waals surface area contributed by atoms with Gasteiger partial charge in [0.25, 0.3) is 0 Å². The van der Waals surface area contributed by atoms with Gasteiger partial charge in [-0.2, -0.15) is 23.5 Å². The van der Waals surface area contributed by atoms with Crippen LogP contribution < -0.4 is 5.32 Å². The molecule has 1 aliphatic heterocycles. The number of H-pyrrole nitrogens is 1. The lowest BCUT2D eigenvalue weighted by atomic mass is 9.81. The second kappa shape index (κ2) is 12.4. The highest BCUT2D eigenvalue weighted by Gasteiger charge is 2.36. The third kappa shape index (κ3) is 6.57. The molecule has 2 N–H and O–H groups in total. The van der Waals surface area contributed by atoms with Gasteiger partial charge in [0.1, 0.15) is 28.7 Å². The number of piperidine rings is 1. The molecule has 1 aliphatic rings. The molecule has 0 amide bonds. The summed E-state index contributed by atoms with van der Waals surface area (Å²) in [5, 5.41) is 22.1. The summed E-state index contributed by atoms with van der Waals surface area (Å²) in [5.74, 6) is 0.562. The van der Waals surface area contributed by atoms with Crippen LogP contribution in [-0.4, -0.2) is 59.4 Å². The summed E-state index contributed by atoms with van der Waals surface area (Å²) in [6.45, 7) is 5.07. The highest BCUT2D eigenvalue weighted by atomic mass is 32.1. The van der Waals surface area contributed by atoms with E-state index in [0.29, 0.717) is 34.7 Å². The van der Waals surface area contributed by atoms with Gasteiger partial charge in [0, 0.05) is 65.1 Å². The van der Waals surface area contributed by atoms with Crippen LogP contribution in [0.15, 0.2) is 67.5 Å². The monoisotopic (exact) mass is 655 g/mol. The van der Waals surface area contributed by atoms with Crippen LogP contribution in [0, 0.1) is 18.3 Å². The predicted molar refractivity (Wildman–Crippen MR) is 175 cm³/mol. The zero-order valence-corrected chi connectivity index (χ0v) is 26.5. The molecule has 7 rings (SSSR count). The number of likely N-dealkylation sites (tertiary alicyclic amines) is 1. The lowest BCUT2D eigenvalue weighted by molar-refractivity contribution is -0.126. The van der Waals surface area contributed by atoms with Gasteiger partial charge in [-0.15, -0.1) is 11.3 Å². The third-order valence-corrected chi connectivity index (χ3v) is 10.1. The summed E-state index contributed by atoms with van der Waals surface area (Å²) in [4.78, 5) is 16.3. The fraction of sp³-hybridized carbons (Fsp3) is 0.324. The zero-order valence-electron chi connectivity index (χ0n) is 25.7. The Morgan fingerprint density at radius 1 is 1.06 bits per heavy atom. The first-order valence-electron chi connectivity index (χ1n) is 15.4. The predicted octanol–water partition coefficient (Wildman–Crippen LogP) is 6.79. The number of thiophene rings is 1. The Morgan fingerprint density at radius 3 is 2.64 bits per heavy atom. The molecule has 1 fully saturated rings. The Labute approximate surface area is 273 Å². The Bertz CT molecular complexity index is 2050. The fourth-order valence-corrected chi connectivity index (χ4v) is 7.69. The molecular formula is C34H32F3N9S. The van der Waals surface area contributed by atoms with E-state index < -0.39 is 12.6 Å².